The van der Waals surface area contributed by atoms with Crippen molar-refractivity contribution >= 4 is 35.0 Å². The molecule has 0 unspecified atom stereocenters. The lowest BCUT2D eigenvalue weighted by Crippen LogP contribution is -2.50. The molecule has 0 heterocycles. The lowest BCUT2D eigenvalue weighted by atomic mass is 9.86. The van der Waals surface area contributed by atoms with Crippen LogP contribution >= 0.6 is 23.2 Å². The predicted molar refractivity (Wildman–Crippen MR) is 86.2 cm³/mol. The summed E-state index contributed by atoms with van der Waals surface area (Å²) in [6.45, 7) is 5.46. The highest BCUT2D eigenvalue weighted by Gasteiger charge is 2.31. The molecule has 0 radical (unpaired) electrons. The van der Waals surface area contributed by atoms with E-state index in [1.807, 2.05) is 20.8 Å². The Labute approximate surface area is 139 Å². The zero-order valence-electron chi connectivity index (χ0n) is 12.7. The first-order valence-corrected chi connectivity index (χ1v) is 7.80. The Morgan fingerprint density at radius 3 is 2.27 bits per heavy atom. The summed E-state index contributed by atoms with van der Waals surface area (Å²) in [6.07, 6.45) is 1.10. The molecule has 2 rings (SSSR count). The third-order valence-corrected chi connectivity index (χ3v) is 3.76. The van der Waals surface area contributed by atoms with Crippen LogP contribution in [0, 0.1) is 5.82 Å². The maximum absolute atomic E-state index is 13.3. The Morgan fingerprint density at radius 2 is 1.77 bits per heavy atom. The molecule has 1 amide bonds. The number of anilines is 1. The van der Waals surface area contributed by atoms with Crippen molar-refractivity contribution < 1.29 is 13.9 Å². The van der Waals surface area contributed by atoms with Crippen molar-refractivity contribution in [2.24, 2.45) is 0 Å². The molecule has 0 saturated heterocycles. The Hall–Kier alpha value is -1.20. The number of carbonyl (C=O) groups is 1. The van der Waals surface area contributed by atoms with E-state index < -0.39 is 17.5 Å². The molecule has 1 aromatic carbocycles. The van der Waals surface area contributed by atoms with E-state index in [9.17, 15) is 9.18 Å². The number of rotatable bonds is 3. The minimum atomic E-state index is -0.619. The van der Waals surface area contributed by atoms with Gasteiger partial charge in [-0.25, -0.2) is 9.18 Å². The molecule has 4 nitrogen and oxygen atoms in total. The summed E-state index contributed by atoms with van der Waals surface area (Å²) in [4.78, 5) is 11.6. The lowest BCUT2D eigenvalue weighted by molar-refractivity contribution is 0.0475. The first-order chi connectivity index (χ1) is 10.1. The quantitative estimate of drug-likeness (QED) is 0.784. The van der Waals surface area contributed by atoms with Crippen LogP contribution in [0.2, 0.25) is 10.0 Å². The molecule has 122 valence electrons. The van der Waals surface area contributed by atoms with E-state index in [4.69, 9.17) is 27.9 Å². The normalized spacial score (nSPS) is 21.0. The molecule has 1 aliphatic carbocycles. The summed E-state index contributed by atoms with van der Waals surface area (Å²) in [5, 5.41) is 5.99. The number of carbonyl (C=O) groups excluding carboxylic acids is 1. The van der Waals surface area contributed by atoms with Crippen LogP contribution in [-0.4, -0.2) is 23.8 Å². The van der Waals surface area contributed by atoms with E-state index >= 15 is 0 Å². The molecule has 22 heavy (non-hydrogen) atoms. The van der Waals surface area contributed by atoms with Gasteiger partial charge in [-0.3, -0.25) is 0 Å². The molecule has 7 heteroatoms. The zero-order chi connectivity index (χ0) is 16.5. The van der Waals surface area contributed by atoms with Crippen molar-refractivity contribution in [3.63, 3.8) is 0 Å². The number of alkyl carbamates (subject to hydrolysis) is 1. The molecule has 1 aliphatic rings. The number of hydrogen-bond donors (Lipinski definition) is 2. The molecule has 2 N–H and O–H groups in total. The molecule has 1 saturated carbocycles. The van der Waals surface area contributed by atoms with Crippen LogP contribution in [0.3, 0.4) is 0 Å². The minimum Gasteiger partial charge on any atom is -0.444 e. The predicted octanol–water partition coefficient (Wildman–Crippen LogP) is 4.60. The summed E-state index contributed by atoms with van der Waals surface area (Å²) in [5.74, 6) is -0.619. The molecule has 0 aliphatic heterocycles. The van der Waals surface area contributed by atoms with Gasteiger partial charge < -0.3 is 15.4 Å². The number of hydrogen-bond acceptors (Lipinski definition) is 3. The van der Waals surface area contributed by atoms with E-state index in [1.165, 1.54) is 12.1 Å². The van der Waals surface area contributed by atoms with E-state index in [2.05, 4.69) is 10.6 Å². The van der Waals surface area contributed by atoms with Gasteiger partial charge in [-0.15, -0.1) is 0 Å². The first kappa shape index (κ1) is 17.2. The van der Waals surface area contributed by atoms with Gasteiger partial charge in [0.05, 0.1) is 10.0 Å². The third kappa shape index (κ3) is 4.65. The Kier molecular flexibility index (Phi) is 5.07. The van der Waals surface area contributed by atoms with Crippen LogP contribution in [0.5, 0.6) is 0 Å². The Morgan fingerprint density at radius 1 is 1.23 bits per heavy atom. The van der Waals surface area contributed by atoms with Crippen LogP contribution in [-0.2, 0) is 4.74 Å². The maximum atomic E-state index is 13.3. The summed E-state index contributed by atoms with van der Waals surface area (Å²) in [7, 11) is 0. The van der Waals surface area contributed by atoms with Crippen molar-refractivity contribution in [2.45, 2.75) is 51.3 Å². The summed E-state index contributed by atoms with van der Waals surface area (Å²) in [5.41, 5.74) is 0.157. The SMILES string of the molecule is CC(C)(C)OC(=O)NC1CC(Nc2cc(Cl)c(F)c(Cl)c2)C1. The number of benzene rings is 1. The molecular weight excluding hydrogens is 330 g/mol. The highest BCUT2D eigenvalue weighted by Crippen LogP contribution is 2.30. The summed E-state index contributed by atoms with van der Waals surface area (Å²) >= 11 is 11.5. The molecular formula is C15H19Cl2FN2O2. The summed E-state index contributed by atoms with van der Waals surface area (Å²) < 4.78 is 18.5. The monoisotopic (exact) mass is 348 g/mol. The van der Waals surface area contributed by atoms with Gasteiger partial charge in [-0.05, 0) is 45.7 Å². The number of nitrogens with one attached hydrogen (secondary N) is 2. The zero-order valence-corrected chi connectivity index (χ0v) is 14.2. The molecule has 0 aromatic heterocycles. The fourth-order valence-corrected chi connectivity index (χ4v) is 2.69. The summed E-state index contributed by atoms with van der Waals surface area (Å²) in [6, 6.07) is 3.24. The Balaban J connectivity index is 1.79. The van der Waals surface area contributed by atoms with Crippen LogP contribution in [0.25, 0.3) is 0 Å². The fourth-order valence-electron chi connectivity index (χ4n) is 2.20. The van der Waals surface area contributed by atoms with Gasteiger partial charge >= 0.3 is 6.09 Å². The van der Waals surface area contributed by atoms with Gasteiger partial charge in [0.2, 0.25) is 0 Å². The van der Waals surface area contributed by atoms with Gasteiger partial charge in [0, 0.05) is 17.8 Å². The van der Waals surface area contributed by atoms with Gasteiger partial charge in [0.1, 0.15) is 5.60 Å². The van der Waals surface area contributed by atoms with Crippen LogP contribution in [0.4, 0.5) is 14.9 Å². The van der Waals surface area contributed by atoms with Crippen LogP contribution in [0.1, 0.15) is 33.6 Å². The number of halogens is 3. The standard InChI is InChI=1S/C15H19Cl2FN2O2/c1-15(2,3)22-14(21)20-9-4-8(5-9)19-10-6-11(16)13(18)12(17)7-10/h6-9,19H,4-5H2,1-3H3,(H,20,21). The van der Waals surface area contributed by atoms with Crippen molar-refractivity contribution in [1.82, 2.24) is 5.32 Å². The molecule has 0 atom stereocenters. The van der Waals surface area contributed by atoms with Crippen molar-refractivity contribution in [3.8, 4) is 0 Å². The lowest BCUT2D eigenvalue weighted by Gasteiger charge is -2.37. The van der Waals surface area contributed by atoms with E-state index in [-0.39, 0.29) is 22.1 Å². The van der Waals surface area contributed by atoms with Gasteiger partial charge in [0.25, 0.3) is 0 Å². The topological polar surface area (TPSA) is 50.4 Å². The van der Waals surface area contributed by atoms with E-state index in [0.717, 1.165) is 12.8 Å². The highest BCUT2D eigenvalue weighted by atomic mass is 35.5. The Bertz CT molecular complexity index is 546. The largest absolute Gasteiger partial charge is 0.444 e. The van der Waals surface area contributed by atoms with Crippen LogP contribution in [0.15, 0.2) is 12.1 Å². The fraction of sp³-hybridized carbons (Fsp3) is 0.533. The second-order valence-corrected chi connectivity index (χ2v) is 7.22. The van der Waals surface area contributed by atoms with E-state index in [0.29, 0.717) is 5.69 Å². The minimum absolute atomic E-state index is 0.0160. The second-order valence-electron chi connectivity index (χ2n) is 6.41. The van der Waals surface area contributed by atoms with Gasteiger partial charge in [0.15, 0.2) is 5.82 Å². The molecule has 1 aromatic rings. The first-order valence-electron chi connectivity index (χ1n) is 7.04. The van der Waals surface area contributed by atoms with Crippen molar-refractivity contribution in [2.75, 3.05) is 5.32 Å². The number of ether oxygens (including phenoxy) is 1. The molecule has 0 bridgehead atoms. The number of amides is 1. The third-order valence-electron chi connectivity index (χ3n) is 3.21. The van der Waals surface area contributed by atoms with Crippen molar-refractivity contribution in [1.29, 1.82) is 0 Å². The average molecular weight is 349 g/mol. The maximum Gasteiger partial charge on any atom is 0.407 e. The second kappa shape index (κ2) is 6.50. The molecule has 0 spiro atoms. The van der Waals surface area contributed by atoms with Crippen molar-refractivity contribution in [3.05, 3.63) is 28.0 Å². The smallest absolute Gasteiger partial charge is 0.407 e. The van der Waals surface area contributed by atoms with Gasteiger partial charge in [-0.1, -0.05) is 23.2 Å². The average Bonchev–Trinajstić information content (AvgIpc) is 2.30. The van der Waals surface area contributed by atoms with Crippen LogP contribution < -0.4 is 10.6 Å². The van der Waals surface area contributed by atoms with E-state index in [1.54, 1.807) is 0 Å². The molecule has 1 fully saturated rings. The van der Waals surface area contributed by atoms with Gasteiger partial charge in [-0.2, -0.15) is 0 Å². The highest BCUT2D eigenvalue weighted by molar-refractivity contribution is 6.35.